The maximum atomic E-state index is 11.9. The zero-order chi connectivity index (χ0) is 13.5. The summed E-state index contributed by atoms with van der Waals surface area (Å²) < 4.78 is 0. The number of unbranched alkanes of at least 4 members (excludes halogenated alkanes) is 1. The zero-order valence-corrected chi connectivity index (χ0v) is 11.7. The Kier molecular flexibility index (Phi) is 5.33. The second-order valence-electron chi connectivity index (χ2n) is 5.12. The van der Waals surface area contributed by atoms with Crippen molar-refractivity contribution in [1.82, 2.24) is 14.8 Å². The van der Waals surface area contributed by atoms with Crippen LogP contribution in [0, 0.1) is 0 Å². The lowest BCUT2D eigenvalue weighted by molar-refractivity contribution is -0.133. The van der Waals surface area contributed by atoms with Crippen molar-refractivity contribution in [3.8, 4) is 0 Å². The van der Waals surface area contributed by atoms with E-state index in [0.29, 0.717) is 12.3 Å². The fourth-order valence-corrected chi connectivity index (χ4v) is 2.39. The normalized spacial score (nSPS) is 16.6. The molecule has 0 bridgehead atoms. The van der Waals surface area contributed by atoms with Crippen molar-refractivity contribution in [2.24, 2.45) is 0 Å². The summed E-state index contributed by atoms with van der Waals surface area (Å²) >= 11 is 0. The molecule has 1 aliphatic heterocycles. The Morgan fingerprint density at radius 1 is 1.21 bits per heavy atom. The molecule has 104 valence electrons. The highest BCUT2D eigenvalue weighted by molar-refractivity contribution is 5.76. The van der Waals surface area contributed by atoms with Crippen LogP contribution < -0.4 is 0 Å². The van der Waals surface area contributed by atoms with Gasteiger partial charge in [-0.2, -0.15) is 0 Å². The number of carbonyl (C=O) groups excluding carboxylic acids is 1. The van der Waals surface area contributed by atoms with Gasteiger partial charge in [0, 0.05) is 51.5 Å². The van der Waals surface area contributed by atoms with Crippen LogP contribution >= 0.6 is 0 Å². The van der Waals surface area contributed by atoms with Gasteiger partial charge in [0.1, 0.15) is 0 Å². The summed E-state index contributed by atoms with van der Waals surface area (Å²) in [4.78, 5) is 20.4. The summed E-state index contributed by atoms with van der Waals surface area (Å²) in [5.41, 5.74) is 1.29. The van der Waals surface area contributed by atoms with E-state index in [4.69, 9.17) is 0 Å². The highest BCUT2D eigenvalue weighted by Crippen LogP contribution is 2.09. The summed E-state index contributed by atoms with van der Waals surface area (Å²) in [7, 11) is 0. The van der Waals surface area contributed by atoms with Gasteiger partial charge in [-0.1, -0.05) is 13.3 Å². The zero-order valence-electron chi connectivity index (χ0n) is 11.7. The second-order valence-corrected chi connectivity index (χ2v) is 5.12. The number of piperazine rings is 1. The highest BCUT2D eigenvalue weighted by atomic mass is 16.2. The molecule has 0 radical (unpaired) electrons. The Balaban J connectivity index is 1.75. The van der Waals surface area contributed by atoms with Gasteiger partial charge in [-0.05, 0) is 24.1 Å². The average Bonchev–Trinajstić information content (AvgIpc) is 2.46. The third kappa shape index (κ3) is 4.31. The number of hydrogen-bond acceptors (Lipinski definition) is 3. The van der Waals surface area contributed by atoms with Gasteiger partial charge in [0.25, 0.3) is 0 Å². The lowest BCUT2D eigenvalue weighted by Gasteiger charge is -2.34. The van der Waals surface area contributed by atoms with E-state index in [1.54, 1.807) is 0 Å². The van der Waals surface area contributed by atoms with Crippen LogP contribution in [0.1, 0.15) is 31.7 Å². The van der Waals surface area contributed by atoms with Crippen molar-refractivity contribution < 1.29 is 4.79 Å². The Hall–Kier alpha value is -1.42. The first kappa shape index (κ1) is 14.0. The molecule has 0 atom stereocenters. The van der Waals surface area contributed by atoms with Crippen LogP contribution in [0.4, 0.5) is 0 Å². The molecule has 1 aromatic heterocycles. The molecule has 0 aliphatic carbocycles. The Morgan fingerprint density at radius 3 is 2.53 bits per heavy atom. The molecule has 0 N–H and O–H groups in total. The van der Waals surface area contributed by atoms with E-state index in [1.807, 2.05) is 17.3 Å². The SMILES string of the molecule is CCCCC(=O)N1CCN(Cc2ccncc2)CC1. The van der Waals surface area contributed by atoms with Gasteiger partial charge in [-0.25, -0.2) is 0 Å². The van der Waals surface area contributed by atoms with Gasteiger partial charge in [0.2, 0.25) is 5.91 Å². The lowest BCUT2D eigenvalue weighted by Crippen LogP contribution is -2.48. The van der Waals surface area contributed by atoms with Crippen LogP contribution in [0.15, 0.2) is 24.5 Å². The molecule has 4 nitrogen and oxygen atoms in total. The smallest absolute Gasteiger partial charge is 0.222 e. The van der Waals surface area contributed by atoms with Crippen LogP contribution in [-0.2, 0) is 11.3 Å². The minimum atomic E-state index is 0.324. The quantitative estimate of drug-likeness (QED) is 0.812. The van der Waals surface area contributed by atoms with Crippen LogP contribution in [0.3, 0.4) is 0 Å². The largest absolute Gasteiger partial charge is 0.340 e. The number of nitrogens with zero attached hydrogens (tertiary/aromatic N) is 3. The van der Waals surface area contributed by atoms with Crippen LogP contribution in [0.25, 0.3) is 0 Å². The molecular weight excluding hydrogens is 238 g/mol. The van der Waals surface area contributed by atoms with E-state index in [2.05, 4.69) is 28.9 Å². The van der Waals surface area contributed by atoms with Gasteiger partial charge >= 0.3 is 0 Å². The fraction of sp³-hybridized carbons (Fsp3) is 0.600. The van der Waals surface area contributed by atoms with Gasteiger partial charge in [0.15, 0.2) is 0 Å². The number of carbonyl (C=O) groups is 1. The van der Waals surface area contributed by atoms with Crippen molar-refractivity contribution in [1.29, 1.82) is 0 Å². The highest BCUT2D eigenvalue weighted by Gasteiger charge is 2.20. The number of pyridine rings is 1. The molecule has 1 aliphatic rings. The number of aromatic nitrogens is 1. The van der Waals surface area contributed by atoms with Crippen molar-refractivity contribution in [3.63, 3.8) is 0 Å². The molecule has 0 saturated carbocycles. The molecule has 19 heavy (non-hydrogen) atoms. The number of rotatable bonds is 5. The van der Waals surface area contributed by atoms with Gasteiger partial charge < -0.3 is 4.90 Å². The third-order valence-corrected chi connectivity index (χ3v) is 3.62. The van der Waals surface area contributed by atoms with E-state index in [0.717, 1.165) is 45.6 Å². The predicted octanol–water partition coefficient (Wildman–Crippen LogP) is 1.92. The fourth-order valence-electron chi connectivity index (χ4n) is 2.39. The minimum Gasteiger partial charge on any atom is -0.340 e. The van der Waals surface area contributed by atoms with Crippen molar-refractivity contribution in [2.75, 3.05) is 26.2 Å². The van der Waals surface area contributed by atoms with Crippen LogP contribution in [0.5, 0.6) is 0 Å². The van der Waals surface area contributed by atoms with E-state index in [-0.39, 0.29) is 0 Å². The monoisotopic (exact) mass is 261 g/mol. The Bertz CT molecular complexity index is 386. The minimum absolute atomic E-state index is 0.324. The third-order valence-electron chi connectivity index (χ3n) is 3.62. The maximum absolute atomic E-state index is 11.9. The molecule has 4 heteroatoms. The van der Waals surface area contributed by atoms with Gasteiger partial charge in [0.05, 0.1) is 0 Å². The molecule has 0 unspecified atom stereocenters. The molecule has 1 aromatic rings. The summed E-state index contributed by atoms with van der Waals surface area (Å²) in [5.74, 6) is 0.324. The molecule has 1 amide bonds. The molecule has 1 saturated heterocycles. The van der Waals surface area contributed by atoms with E-state index >= 15 is 0 Å². The molecule has 1 fully saturated rings. The Morgan fingerprint density at radius 2 is 1.89 bits per heavy atom. The molecular formula is C15H23N3O. The number of amides is 1. The molecule has 2 heterocycles. The maximum Gasteiger partial charge on any atom is 0.222 e. The predicted molar refractivity (Wildman–Crippen MR) is 75.6 cm³/mol. The second kappa shape index (κ2) is 7.24. The summed E-state index contributed by atoms with van der Waals surface area (Å²) in [6.45, 7) is 6.76. The first-order chi connectivity index (χ1) is 9.29. The van der Waals surface area contributed by atoms with Gasteiger partial charge in [-0.15, -0.1) is 0 Å². The van der Waals surface area contributed by atoms with Crippen molar-refractivity contribution in [3.05, 3.63) is 30.1 Å². The van der Waals surface area contributed by atoms with Crippen LogP contribution in [-0.4, -0.2) is 46.9 Å². The Labute approximate surface area is 115 Å². The molecule has 0 spiro atoms. The first-order valence-electron chi connectivity index (χ1n) is 7.18. The number of hydrogen-bond donors (Lipinski definition) is 0. The first-order valence-corrected chi connectivity index (χ1v) is 7.18. The van der Waals surface area contributed by atoms with Crippen molar-refractivity contribution >= 4 is 5.91 Å². The molecule has 2 rings (SSSR count). The van der Waals surface area contributed by atoms with Gasteiger partial charge in [-0.3, -0.25) is 14.7 Å². The van der Waals surface area contributed by atoms with Crippen molar-refractivity contribution in [2.45, 2.75) is 32.7 Å². The lowest BCUT2D eigenvalue weighted by atomic mass is 10.2. The summed E-state index contributed by atoms with van der Waals surface area (Å²) in [5, 5.41) is 0. The topological polar surface area (TPSA) is 36.4 Å². The summed E-state index contributed by atoms with van der Waals surface area (Å²) in [6, 6.07) is 4.11. The standard InChI is InChI=1S/C15H23N3O/c1-2-3-4-15(19)18-11-9-17(10-12-18)13-14-5-7-16-8-6-14/h5-8H,2-4,9-13H2,1H3. The van der Waals surface area contributed by atoms with E-state index in [1.165, 1.54) is 5.56 Å². The average molecular weight is 261 g/mol. The van der Waals surface area contributed by atoms with Crippen LogP contribution in [0.2, 0.25) is 0 Å². The molecule has 0 aromatic carbocycles. The van der Waals surface area contributed by atoms with E-state index < -0.39 is 0 Å². The van der Waals surface area contributed by atoms with E-state index in [9.17, 15) is 4.79 Å². The summed E-state index contributed by atoms with van der Waals surface area (Å²) in [6.07, 6.45) is 6.48.